The monoisotopic (exact) mass is 267 g/mol. The first-order valence-electron chi connectivity index (χ1n) is 8.11. The molecular formula is C16H33N3. The van der Waals surface area contributed by atoms with Crippen LogP contribution in [0.5, 0.6) is 0 Å². The smallest absolute Gasteiger partial charge is 0.0126 e. The third-order valence-corrected chi connectivity index (χ3v) is 5.01. The number of likely N-dealkylation sites (tertiary alicyclic amines) is 1. The second-order valence-electron chi connectivity index (χ2n) is 7.55. The highest BCUT2D eigenvalue weighted by atomic mass is 15.3. The van der Waals surface area contributed by atoms with Crippen LogP contribution >= 0.6 is 0 Å². The molecule has 0 N–H and O–H groups in total. The molecule has 2 heterocycles. The van der Waals surface area contributed by atoms with Crippen LogP contribution in [0, 0.1) is 0 Å². The number of piperazine rings is 1. The average molecular weight is 267 g/mol. The molecule has 0 amide bonds. The Morgan fingerprint density at radius 1 is 0.842 bits per heavy atom. The van der Waals surface area contributed by atoms with Gasteiger partial charge in [-0.1, -0.05) is 0 Å². The van der Waals surface area contributed by atoms with Crippen molar-refractivity contribution in [3.63, 3.8) is 0 Å². The van der Waals surface area contributed by atoms with Gasteiger partial charge in [-0.05, 0) is 60.5 Å². The Balaban J connectivity index is 1.77. The first-order chi connectivity index (χ1) is 8.88. The fourth-order valence-corrected chi connectivity index (χ4v) is 3.53. The standard InChI is InChI=1S/C16H33N3/c1-14(2)17-8-6-15(7-9-17)18-10-12-19(13-11-18)16(3,4)5/h14-15H,6-13H2,1-5H3. The van der Waals surface area contributed by atoms with Crippen molar-refractivity contribution in [2.24, 2.45) is 0 Å². The minimum Gasteiger partial charge on any atom is -0.301 e. The molecule has 2 aliphatic rings. The van der Waals surface area contributed by atoms with Crippen LogP contribution in [0.3, 0.4) is 0 Å². The Kier molecular flexibility index (Phi) is 4.91. The molecule has 2 saturated heterocycles. The SMILES string of the molecule is CC(C)N1CCC(N2CCN(C(C)(C)C)CC2)CC1. The van der Waals surface area contributed by atoms with E-state index < -0.39 is 0 Å². The largest absolute Gasteiger partial charge is 0.301 e. The molecule has 0 saturated carbocycles. The van der Waals surface area contributed by atoms with Gasteiger partial charge in [-0.25, -0.2) is 0 Å². The lowest BCUT2D eigenvalue weighted by Gasteiger charge is -2.46. The molecule has 112 valence electrons. The molecule has 0 aromatic heterocycles. The van der Waals surface area contributed by atoms with Crippen molar-refractivity contribution in [2.75, 3.05) is 39.3 Å². The van der Waals surface area contributed by atoms with E-state index in [9.17, 15) is 0 Å². The van der Waals surface area contributed by atoms with Gasteiger partial charge in [0.2, 0.25) is 0 Å². The van der Waals surface area contributed by atoms with Gasteiger partial charge in [0.15, 0.2) is 0 Å². The van der Waals surface area contributed by atoms with E-state index in [4.69, 9.17) is 0 Å². The molecule has 0 unspecified atom stereocenters. The summed E-state index contributed by atoms with van der Waals surface area (Å²) in [6.45, 7) is 19.3. The molecule has 0 spiro atoms. The highest BCUT2D eigenvalue weighted by molar-refractivity contribution is 4.87. The van der Waals surface area contributed by atoms with Gasteiger partial charge in [-0.3, -0.25) is 9.80 Å². The van der Waals surface area contributed by atoms with Crippen molar-refractivity contribution in [1.82, 2.24) is 14.7 Å². The zero-order valence-electron chi connectivity index (χ0n) is 13.7. The number of hydrogen-bond acceptors (Lipinski definition) is 3. The van der Waals surface area contributed by atoms with E-state index in [1.54, 1.807) is 0 Å². The maximum absolute atomic E-state index is 2.75. The zero-order chi connectivity index (χ0) is 14.0. The molecule has 0 bridgehead atoms. The van der Waals surface area contributed by atoms with E-state index in [1.807, 2.05) is 0 Å². The maximum atomic E-state index is 2.75. The van der Waals surface area contributed by atoms with Crippen molar-refractivity contribution in [2.45, 2.75) is 65.1 Å². The first-order valence-corrected chi connectivity index (χ1v) is 8.11. The highest BCUT2D eigenvalue weighted by Crippen LogP contribution is 2.22. The Morgan fingerprint density at radius 2 is 1.37 bits per heavy atom. The van der Waals surface area contributed by atoms with Gasteiger partial charge >= 0.3 is 0 Å². The molecule has 19 heavy (non-hydrogen) atoms. The predicted molar refractivity (Wildman–Crippen MR) is 82.6 cm³/mol. The topological polar surface area (TPSA) is 9.72 Å². The molecule has 3 nitrogen and oxygen atoms in total. The van der Waals surface area contributed by atoms with Crippen molar-refractivity contribution in [3.05, 3.63) is 0 Å². The average Bonchev–Trinajstić information content (AvgIpc) is 2.38. The van der Waals surface area contributed by atoms with E-state index in [-0.39, 0.29) is 0 Å². The van der Waals surface area contributed by atoms with Gasteiger partial charge in [0.25, 0.3) is 0 Å². The summed E-state index contributed by atoms with van der Waals surface area (Å²) in [5, 5.41) is 0. The van der Waals surface area contributed by atoms with Crippen LogP contribution in [0.2, 0.25) is 0 Å². The van der Waals surface area contributed by atoms with E-state index in [0.29, 0.717) is 5.54 Å². The number of nitrogens with zero attached hydrogens (tertiary/aromatic N) is 3. The quantitative estimate of drug-likeness (QED) is 0.760. The number of hydrogen-bond donors (Lipinski definition) is 0. The zero-order valence-corrected chi connectivity index (χ0v) is 13.7. The van der Waals surface area contributed by atoms with Crippen LogP contribution < -0.4 is 0 Å². The summed E-state index contributed by atoms with van der Waals surface area (Å²) < 4.78 is 0. The minimum absolute atomic E-state index is 0.340. The lowest BCUT2D eigenvalue weighted by atomic mass is 9.99. The van der Waals surface area contributed by atoms with E-state index >= 15 is 0 Å². The lowest BCUT2D eigenvalue weighted by molar-refractivity contribution is 0.0203. The summed E-state index contributed by atoms with van der Waals surface area (Å²) in [6.07, 6.45) is 2.74. The second-order valence-corrected chi connectivity index (χ2v) is 7.55. The molecular weight excluding hydrogens is 234 g/mol. The summed E-state index contributed by atoms with van der Waals surface area (Å²) in [6, 6.07) is 1.57. The van der Waals surface area contributed by atoms with E-state index in [1.165, 1.54) is 52.1 Å². The van der Waals surface area contributed by atoms with Gasteiger partial charge in [0, 0.05) is 43.8 Å². The Bertz CT molecular complexity index is 266. The molecule has 3 heteroatoms. The van der Waals surface area contributed by atoms with Crippen molar-refractivity contribution < 1.29 is 0 Å². The third-order valence-electron chi connectivity index (χ3n) is 5.01. The molecule has 0 aliphatic carbocycles. The van der Waals surface area contributed by atoms with Crippen LogP contribution in [-0.2, 0) is 0 Å². The number of piperidine rings is 1. The Labute approximate surface area is 119 Å². The van der Waals surface area contributed by atoms with Crippen molar-refractivity contribution in [1.29, 1.82) is 0 Å². The summed E-state index contributed by atoms with van der Waals surface area (Å²) in [4.78, 5) is 8.01. The molecule has 2 rings (SSSR count). The van der Waals surface area contributed by atoms with E-state index in [0.717, 1.165) is 12.1 Å². The molecule has 2 aliphatic heterocycles. The normalized spacial score (nSPS) is 26.2. The van der Waals surface area contributed by atoms with Crippen molar-refractivity contribution in [3.8, 4) is 0 Å². The third kappa shape index (κ3) is 3.93. The lowest BCUT2D eigenvalue weighted by Crippen LogP contribution is -2.57. The summed E-state index contributed by atoms with van der Waals surface area (Å²) in [5.74, 6) is 0. The van der Waals surface area contributed by atoms with Gasteiger partial charge < -0.3 is 4.90 Å². The van der Waals surface area contributed by atoms with Crippen LogP contribution in [0.1, 0.15) is 47.5 Å². The predicted octanol–water partition coefficient (Wildman–Crippen LogP) is 2.28. The maximum Gasteiger partial charge on any atom is 0.0126 e. The number of rotatable bonds is 2. The van der Waals surface area contributed by atoms with Gasteiger partial charge in [0.05, 0.1) is 0 Å². The summed E-state index contributed by atoms with van der Waals surface area (Å²) in [5.41, 5.74) is 0.340. The van der Waals surface area contributed by atoms with Crippen LogP contribution in [0.15, 0.2) is 0 Å². The fourth-order valence-electron chi connectivity index (χ4n) is 3.53. The van der Waals surface area contributed by atoms with Crippen LogP contribution in [0.4, 0.5) is 0 Å². The molecule has 2 fully saturated rings. The van der Waals surface area contributed by atoms with Gasteiger partial charge in [-0.15, -0.1) is 0 Å². The Morgan fingerprint density at radius 3 is 1.79 bits per heavy atom. The molecule has 0 aromatic carbocycles. The van der Waals surface area contributed by atoms with Gasteiger partial charge in [-0.2, -0.15) is 0 Å². The molecule has 0 aromatic rings. The molecule has 0 atom stereocenters. The van der Waals surface area contributed by atoms with Crippen molar-refractivity contribution >= 4 is 0 Å². The second kappa shape index (κ2) is 6.11. The van der Waals surface area contributed by atoms with E-state index in [2.05, 4.69) is 49.3 Å². The summed E-state index contributed by atoms with van der Waals surface area (Å²) in [7, 11) is 0. The van der Waals surface area contributed by atoms with Crippen LogP contribution in [-0.4, -0.2) is 71.6 Å². The first kappa shape index (κ1) is 15.3. The molecule has 0 radical (unpaired) electrons. The summed E-state index contributed by atoms with van der Waals surface area (Å²) >= 11 is 0. The van der Waals surface area contributed by atoms with Crippen LogP contribution in [0.25, 0.3) is 0 Å². The van der Waals surface area contributed by atoms with Gasteiger partial charge in [0.1, 0.15) is 0 Å². The highest BCUT2D eigenvalue weighted by Gasteiger charge is 2.30. The fraction of sp³-hybridized carbons (Fsp3) is 1.00. The Hall–Kier alpha value is -0.120. The minimum atomic E-state index is 0.340.